The average Bonchev–Trinajstić information content (AvgIpc) is 3.23. The van der Waals surface area contributed by atoms with Crippen LogP contribution >= 0.6 is 11.6 Å². The van der Waals surface area contributed by atoms with Crippen LogP contribution in [0.25, 0.3) is 11.1 Å². The van der Waals surface area contributed by atoms with E-state index in [1.165, 1.54) is 29.3 Å². The van der Waals surface area contributed by atoms with E-state index in [4.69, 9.17) is 11.6 Å². The Hall–Kier alpha value is -4.43. The lowest BCUT2D eigenvalue weighted by Crippen LogP contribution is -2.36. The zero-order valence-corrected chi connectivity index (χ0v) is 22.5. The maximum atomic E-state index is 13.8. The van der Waals surface area contributed by atoms with E-state index in [0.29, 0.717) is 22.8 Å². The van der Waals surface area contributed by atoms with E-state index in [9.17, 15) is 18.4 Å². The fraction of sp³-hybridized carbons (Fsp3) is 0.161. The van der Waals surface area contributed by atoms with E-state index < -0.39 is 23.7 Å². The minimum Gasteiger partial charge on any atom is -0.325 e. The number of amides is 2. The number of alkyl halides is 2. The van der Waals surface area contributed by atoms with Gasteiger partial charge >= 0.3 is 0 Å². The van der Waals surface area contributed by atoms with Gasteiger partial charge in [-0.15, -0.1) is 0 Å². The Morgan fingerprint density at radius 3 is 2.55 bits per heavy atom. The first-order valence-corrected chi connectivity index (χ1v) is 12.9. The first kappa shape index (κ1) is 27.1. The maximum Gasteiger partial charge on any atom is 0.270 e. The van der Waals surface area contributed by atoms with Crippen LogP contribution in [0.4, 0.5) is 20.2 Å². The van der Waals surface area contributed by atoms with Crippen LogP contribution in [-0.4, -0.2) is 22.5 Å². The highest BCUT2D eigenvalue weighted by atomic mass is 35.5. The van der Waals surface area contributed by atoms with Crippen LogP contribution in [0.1, 0.15) is 30.5 Å². The maximum absolute atomic E-state index is 13.8. The number of benzene rings is 3. The summed E-state index contributed by atoms with van der Waals surface area (Å²) in [6.45, 7) is 2.37. The van der Waals surface area contributed by atoms with Crippen molar-refractivity contribution in [2.24, 2.45) is 11.0 Å². The topological polar surface area (TPSA) is 74.7 Å². The summed E-state index contributed by atoms with van der Waals surface area (Å²) in [5, 5.41) is 8.86. The van der Waals surface area contributed by atoms with Gasteiger partial charge in [0.25, 0.3) is 11.8 Å². The summed E-state index contributed by atoms with van der Waals surface area (Å²) in [7, 11) is 0. The van der Waals surface area contributed by atoms with Gasteiger partial charge in [-0.1, -0.05) is 54.1 Å². The van der Waals surface area contributed by atoms with Crippen molar-refractivity contribution >= 4 is 40.5 Å². The van der Waals surface area contributed by atoms with Gasteiger partial charge in [0, 0.05) is 41.2 Å². The fourth-order valence-corrected chi connectivity index (χ4v) is 4.80. The summed E-state index contributed by atoms with van der Waals surface area (Å²) in [6, 6.07) is 22.3. The summed E-state index contributed by atoms with van der Waals surface area (Å²) < 4.78 is 27.6. The van der Waals surface area contributed by atoms with Crippen molar-refractivity contribution in [2.75, 3.05) is 10.3 Å². The monoisotopic (exact) mass is 558 g/mol. The van der Waals surface area contributed by atoms with Crippen LogP contribution in [0.15, 0.2) is 96.4 Å². The molecule has 2 heterocycles. The minimum atomic E-state index is -3.07. The molecule has 202 valence electrons. The number of anilines is 2. The summed E-state index contributed by atoms with van der Waals surface area (Å²) in [6.07, 6.45) is 3.91. The Morgan fingerprint density at radius 2 is 1.82 bits per heavy atom. The number of pyridine rings is 1. The lowest BCUT2D eigenvalue weighted by Gasteiger charge is -2.18. The SMILES string of the molecule is CC1=NN(c2cc(Cc3ccccc3Cl)cc(-c3cccnc3)c2)C(=O)C1C(=O)Nc1cccc(C(C)(F)F)c1. The quantitative estimate of drug-likeness (QED) is 0.246. The number of rotatable bonds is 7. The molecule has 0 fully saturated rings. The van der Waals surface area contributed by atoms with Gasteiger partial charge in [0.05, 0.1) is 11.4 Å². The van der Waals surface area contributed by atoms with Crippen molar-refractivity contribution in [2.45, 2.75) is 26.2 Å². The first-order valence-electron chi connectivity index (χ1n) is 12.6. The van der Waals surface area contributed by atoms with E-state index in [1.54, 1.807) is 19.3 Å². The molecule has 1 aliphatic heterocycles. The molecular formula is C31H25ClF2N4O2. The molecule has 6 nitrogen and oxygen atoms in total. The van der Waals surface area contributed by atoms with Gasteiger partial charge in [-0.05, 0) is 66.4 Å². The summed E-state index contributed by atoms with van der Waals surface area (Å²) in [5.41, 5.74) is 4.17. The fourth-order valence-electron chi connectivity index (χ4n) is 4.60. The molecule has 1 aliphatic rings. The van der Waals surface area contributed by atoms with E-state index in [1.807, 2.05) is 54.6 Å². The third-order valence-corrected chi connectivity index (χ3v) is 6.97. The average molecular weight is 559 g/mol. The van der Waals surface area contributed by atoms with Crippen LogP contribution in [0.5, 0.6) is 0 Å². The second-order valence-corrected chi connectivity index (χ2v) is 10.1. The molecule has 40 heavy (non-hydrogen) atoms. The van der Waals surface area contributed by atoms with Crippen molar-refractivity contribution in [1.29, 1.82) is 0 Å². The van der Waals surface area contributed by atoms with Crippen LogP contribution in [0.3, 0.4) is 0 Å². The standard InChI is InChI=1S/C31H25ClF2N4O2/c1-19-28(29(39)36-25-10-5-9-24(17-25)31(2,33)34)30(40)38(37-19)26-15-20(13-21-7-3-4-11-27(21)32)14-23(16-26)22-8-6-12-35-18-22/h3-12,14-18,28H,13H2,1-2H3,(H,36,39). The summed E-state index contributed by atoms with van der Waals surface area (Å²) >= 11 is 6.41. The van der Waals surface area contributed by atoms with Crippen LogP contribution in [0.2, 0.25) is 5.02 Å². The molecule has 4 aromatic rings. The molecule has 0 bridgehead atoms. The van der Waals surface area contributed by atoms with E-state index in [2.05, 4.69) is 15.4 Å². The zero-order chi connectivity index (χ0) is 28.4. The Labute approximate surface area is 235 Å². The molecule has 1 aromatic heterocycles. The molecule has 0 saturated carbocycles. The van der Waals surface area contributed by atoms with Gasteiger partial charge in [0.2, 0.25) is 5.91 Å². The predicted molar refractivity (Wildman–Crippen MR) is 153 cm³/mol. The van der Waals surface area contributed by atoms with Crippen molar-refractivity contribution in [3.63, 3.8) is 0 Å². The van der Waals surface area contributed by atoms with Crippen LogP contribution < -0.4 is 10.3 Å². The first-order chi connectivity index (χ1) is 19.1. The summed E-state index contributed by atoms with van der Waals surface area (Å²) in [4.78, 5) is 30.9. The number of nitrogens with zero attached hydrogens (tertiary/aromatic N) is 3. The number of carbonyl (C=O) groups is 2. The molecule has 0 radical (unpaired) electrons. The number of carbonyl (C=O) groups excluding carboxylic acids is 2. The number of aromatic nitrogens is 1. The molecule has 9 heteroatoms. The molecule has 1 N–H and O–H groups in total. The molecular weight excluding hydrogens is 534 g/mol. The van der Waals surface area contributed by atoms with E-state index in [-0.39, 0.29) is 11.3 Å². The molecule has 1 atom stereocenters. The van der Waals surface area contributed by atoms with Crippen molar-refractivity contribution in [1.82, 2.24) is 4.98 Å². The smallest absolute Gasteiger partial charge is 0.270 e. The zero-order valence-electron chi connectivity index (χ0n) is 21.7. The molecule has 5 rings (SSSR count). The number of hydrogen-bond donors (Lipinski definition) is 1. The Morgan fingerprint density at radius 1 is 1.02 bits per heavy atom. The Bertz CT molecular complexity index is 1620. The Balaban J connectivity index is 1.45. The van der Waals surface area contributed by atoms with Gasteiger partial charge in [-0.25, -0.2) is 8.78 Å². The van der Waals surface area contributed by atoms with Gasteiger partial charge in [0.1, 0.15) is 0 Å². The lowest BCUT2D eigenvalue weighted by atomic mass is 9.98. The highest BCUT2D eigenvalue weighted by Gasteiger charge is 2.40. The van der Waals surface area contributed by atoms with E-state index in [0.717, 1.165) is 29.2 Å². The largest absolute Gasteiger partial charge is 0.325 e. The number of hydrazone groups is 1. The third-order valence-electron chi connectivity index (χ3n) is 6.60. The Kier molecular flexibility index (Phi) is 7.45. The number of halogens is 3. The minimum absolute atomic E-state index is 0.170. The van der Waals surface area contributed by atoms with Crippen molar-refractivity contribution < 1.29 is 18.4 Å². The lowest BCUT2D eigenvalue weighted by molar-refractivity contribution is -0.127. The third kappa shape index (κ3) is 5.77. The van der Waals surface area contributed by atoms with Gasteiger partial charge in [-0.3, -0.25) is 14.6 Å². The number of nitrogens with one attached hydrogen (secondary N) is 1. The van der Waals surface area contributed by atoms with Crippen LogP contribution in [-0.2, 0) is 21.9 Å². The molecule has 0 saturated heterocycles. The molecule has 1 unspecified atom stereocenters. The predicted octanol–water partition coefficient (Wildman–Crippen LogP) is 7.08. The van der Waals surface area contributed by atoms with Crippen LogP contribution in [0, 0.1) is 5.92 Å². The molecule has 3 aromatic carbocycles. The molecule has 0 spiro atoms. The van der Waals surface area contributed by atoms with E-state index >= 15 is 0 Å². The number of hydrogen-bond acceptors (Lipinski definition) is 4. The second kappa shape index (κ2) is 11.0. The van der Waals surface area contributed by atoms with Gasteiger partial charge in [0.15, 0.2) is 5.92 Å². The van der Waals surface area contributed by atoms with Crippen molar-refractivity contribution in [3.05, 3.63) is 113 Å². The molecule has 2 amide bonds. The highest BCUT2D eigenvalue weighted by molar-refractivity contribution is 6.31. The highest BCUT2D eigenvalue weighted by Crippen LogP contribution is 2.33. The second-order valence-electron chi connectivity index (χ2n) is 9.68. The van der Waals surface area contributed by atoms with Gasteiger partial charge < -0.3 is 5.32 Å². The van der Waals surface area contributed by atoms with Gasteiger partial charge in [-0.2, -0.15) is 10.1 Å². The normalized spacial score (nSPS) is 15.2. The molecule has 0 aliphatic carbocycles. The summed E-state index contributed by atoms with van der Waals surface area (Å²) in [5.74, 6) is -5.47. The van der Waals surface area contributed by atoms with Crippen molar-refractivity contribution in [3.8, 4) is 11.1 Å².